The van der Waals surface area contributed by atoms with Gasteiger partial charge in [-0.2, -0.15) is 0 Å². The lowest BCUT2D eigenvalue weighted by atomic mass is 9.64. The Bertz CT molecular complexity index is 552. The van der Waals surface area contributed by atoms with Crippen LogP contribution in [0.3, 0.4) is 0 Å². The second kappa shape index (κ2) is 6.34. The zero-order valence-electron chi connectivity index (χ0n) is 14.2. The van der Waals surface area contributed by atoms with Crippen LogP contribution in [0.25, 0.3) is 0 Å². The standard InChI is InChI=1S/C19H26ClFO2/c1-4-19(5-2)13-9-10-18(3,23-19)17(11-13)22-12-14-15(20)7-6-8-16(14)21/h6-8,13,17H,4-5,9-12H2,1-3H3. The van der Waals surface area contributed by atoms with Crippen LogP contribution in [0.1, 0.15) is 58.4 Å². The fourth-order valence-corrected chi connectivity index (χ4v) is 4.68. The summed E-state index contributed by atoms with van der Waals surface area (Å²) in [6, 6.07) is 4.74. The van der Waals surface area contributed by atoms with Crippen LogP contribution >= 0.6 is 11.6 Å². The van der Waals surface area contributed by atoms with Crippen molar-refractivity contribution in [3.63, 3.8) is 0 Å². The first-order chi connectivity index (χ1) is 10.9. The Hall–Kier alpha value is -0.640. The van der Waals surface area contributed by atoms with Gasteiger partial charge in [0.15, 0.2) is 0 Å². The highest BCUT2D eigenvalue weighted by Gasteiger charge is 2.56. The minimum Gasteiger partial charge on any atom is -0.370 e. The number of halogens is 2. The van der Waals surface area contributed by atoms with Gasteiger partial charge in [0.2, 0.25) is 0 Å². The van der Waals surface area contributed by atoms with Gasteiger partial charge in [-0.3, -0.25) is 0 Å². The molecule has 0 N–H and O–H groups in total. The Morgan fingerprint density at radius 2 is 2.09 bits per heavy atom. The van der Waals surface area contributed by atoms with Crippen LogP contribution in [0.4, 0.5) is 4.39 Å². The van der Waals surface area contributed by atoms with E-state index >= 15 is 0 Å². The van der Waals surface area contributed by atoms with Crippen molar-refractivity contribution in [1.29, 1.82) is 0 Å². The van der Waals surface area contributed by atoms with Crippen molar-refractivity contribution in [2.24, 2.45) is 5.92 Å². The second-order valence-corrected chi connectivity index (χ2v) is 7.56. The van der Waals surface area contributed by atoms with E-state index in [-0.39, 0.29) is 29.7 Å². The number of benzene rings is 1. The molecule has 4 rings (SSSR count). The average molecular weight is 341 g/mol. The lowest BCUT2D eigenvalue weighted by Crippen LogP contribution is -2.63. The van der Waals surface area contributed by atoms with E-state index in [0.29, 0.717) is 16.5 Å². The minimum atomic E-state index is -0.305. The fourth-order valence-electron chi connectivity index (χ4n) is 4.46. The molecule has 0 spiro atoms. The predicted molar refractivity (Wildman–Crippen MR) is 90.1 cm³/mol. The highest BCUT2D eigenvalue weighted by molar-refractivity contribution is 6.31. The van der Waals surface area contributed by atoms with E-state index in [9.17, 15) is 4.39 Å². The molecule has 0 radical (unpaired) electrons. The molecule has 1 aromatic carbocycles. The van der Waals surface area contributed by atoms with Gasteiger partial charge in [0.1, 0.15) is 5.82 Å². The van der Waals surface area contributed by atoms with Crippen LogP contribution in [0.5, 0.6) is 0 Å². The number of ether oxygens (including phenoxy) is 2. The Balaban J connectivity index is 1.74. The van der Waals surface area contributed by atoms with Gasteiger partial charge >= 0.3 is 0 Å². The fraction of sp³-hybridized carbons (Fsp3) is 0.684. The third-order valence-electron chi connectivity index (χ3n) is 6.04. The Morgan fingerprint density at radius 1 is 1.35 bits per heavy atom. The Kier molecular flexibility index (Phi) is 4.74. The van der Waals surface area contributed by atoms with E-state index in [0.717, 1.165) is 25.7 Å². The predicted octanol–water partition coefficient (Wildman–Crippen LogP) is 5.51. The Morgan fingerprint density at radius 3 is 2.70 bits per heavy atom. The molecular weight excluding hydrogens is 315 g/mol. The van der Waals surface area contributed by atoms with Gasteiger partial charge < -0.3 is 9.47 Å². The van der Waals surface area contributed by atoms with Crippen molar-refractivity contribution in [2.45, 2.75) is 76.8 Å². The molecule has 0 aromatic heterocycles. The molecule has 3 aliphatic rings. The molecule has 1 aromatic rings. The largest absolute Gasteiger partial charge is 0.370 e. The molecule has 1 aliphatic carbocycles. The summed E-state index contributed by atoms with van der Waals surface area (Å²) in [5.74, 6) is 0.224. The van der Waals surface area contributed by atoms with Crippen LogP contribution < -0.4 is 0 Å². The maximum atomic E-state index is 13.9. The molecule has 3 atom stereocenters. The summed E-state index contributed by atoms with van der Waals surface area (Å²) >= 11 is 6.10. The first kappa shape index (κ1) is 17.2. The number of hydrogen-bond donors (Lipinski definition) is 0. The van der Waals surface area contributed by atoms with Crippen molar-refractivity contribution >= 4 is 11.6 Å². The van der Waals surface area contributed by atoms with Gasteiger partial charge in [-0.05, 0) is 57.1 Å². The Labute approximate surface area is 143 Å². The molecule has 2 nitrogen and oxygen atoms in total. The van der Waals surface area contributed by atoms with Gasteiger partial charge in [-0.1, -0.05) is 31.5 Å². The summed E-state index contributed by atoms with van der Waals surface area (Å²) in [7, 11) is 0. The second-order valence-electron chi connectivity index (χ2n) is 7.16. The van der Waals surface area contributed by atoms with E-state index < -0.39 is 0 Å². The molecule has 3 unspecified atom stereocenters. The molecule has 23 heavy (non-hydrogen) atoms. The van der Waals surface area contributed by atoms with Gasteiger partial charge in [0.25, 0.3) is 0 Å². The molecule has 4 heteroatoms. The van der Waals surface area contributed by atoms with E-state index in [2.05, 4.69) is 20.8 Å². The van der Waals surface area contributed by atoms with E-state index in [1.165, 1.54) is 12.5 Å². The highest BCUT2D eigenvalue weighted by Crippen LogP contribution is 2.53. The monoisotopic (exact) mass is 340 g/mol. The van der Waals surface area contributed by atoms with Gasteiger partial charge in [-0.15, -0.1) is 0 Å². The van der Waals surface area contributed by atoms with Crippen LogP contribution in [-0.4, -0.2) is 17.3 Å². The number of rotatable bonds is 5. The lowest BCUT2D eigenvalue weighted by molar-refractivity contribution is -0.298. The zero-order chi connectivity index (χ0) is 16.7. The molecule has 2 saturated heterocycles. The molecule has 1 saturated carbocycles. The zero-order valence-corrected chi connectivity index (χ0v) is 15.0. The molecule has 2 aliphatic heterocycles. The first-order valence-corrected chi connectivity index (χ1v) is 9.06. The van der Waals surface area contributed by atoms with Crippen molar-refractivity contribution in [3.05, 3.63) is 34.6 Å². The van der Waals surface area contributed by atoms with Crippen molar-refractivity contribution < 1.29 is 13.9 Å². The van der Waals surface area contributed by atoms with Crippen LogP contribution in [0, 0.1) is 11.7 Å². The smallest absolute Gasteiger partial charge is 0.130 e. The minimum absolute atomic E-state index is 0.00291. The highest BCUT2D eigenvalue weighted by atomic mass is 35.5. The molecule has 128 valence electrons. The van der Waals surface area contributed by atoms with Crippen molar-refractivity contribution in [2.75, 3.05) is 0 Å². The van der Waals surface area contributed by atoms with E-state index in [4.69, 9.17) is 21.1 Å². The topological polar surface area (TPSA) is 18.5 Å². The summed E-state index contributed by atoms with van der Waals surface area (Å²) in [6.45, 7) is 6.77. The van der Waals surface area contributed by atoms with Gasteiger partial charge in [-0.25, -0.2) is 4.39 Å². The SMILES string of the molecule is CCC1(CC)OC2(C)CCC1CC2OCc1c(F)cccc1Cl. The molecule has 0 amide bonds. The number of fused-ring (bicyclic) bond motifs is 3. The first-order valence-electron chi connectivity index (χ1n) is 8.69. The summed E-state index contributed by atoms with van der Waals surface area (Å²) in [5, 5.41) is 0.425. The van der Waals surface area contributed by atoms with Crippen molar-refractivity contribution in [1.82, 2.24) is 0 Å². The maximum Gasteiger partial charge on any atom is 0.130 e. The molecule has 2 heterocycles. The number of hydrogen-bond acceptors (Lipinski definition) is 2. The summed E-state index contributed by atoms with van der Waals surface area (Å²) in [4.78, 5) is 0. The normalized spacial score (nSPS) is 32.2. The third kappa shape index (κ3) is 2.92. The lowest BCUT2D eigenvalue weighted by Gasteiger charge is -2.59. The third-order valence-corrected chi connectivity index (χ3v) is 6.39. The van der Waals surface area contributed by atoms with Crippen molar-refractivity contribution in [3.8, 4) is 0 Å². The van der Waals surface area contributed by atoms with Crippen LogP contribution in [0.2, 0.25) is 5.02 Å². The average Bonchev–Trinajstić information content (AvgIpc) is 2.54. The summed E-state index contributed by atoms with van der Waals surface area (Å²) in [5.41, 5.74) is 0.150. The van der Waals surface area contributed by atoms with Gasteiger partial charge in [0, 0.05) is 10.6 Å². The van der Waals surface area contributed by atoms with E-state index in [1.807, 2.05) is 0 Å². The quantitative estimate of drug-likeness (QED) is 0.703. The summed E-state index contributed by atoms with van der Waals surface area (Å²) in [6.07, 6.45) is 5.27. The summed E-state index contributed by atoms with van der Waals surface area (Å²) < 4.78 is 26.6. The molecule has 2 bridgehead atoms. The van der Waals surface area contributed by atoms with Crippen LogP contribution in [0.15, 0.2) is 18.2 Å². The molecule has 3 fully saturated rings. The maximum absolute atomic E-state index is 13.9. The van der Waals surface area contributed by atoms with E-state index in [1.54, 1.807) is 12.1 Å². The van der Waals surface area contributed by atoms with Gasteiger partial charge in [0.05, 0.1) is 23.9 Å². The molecular formula is C19H26ClFO2. The van der Waals surface area contributed by atoms with Crippen LogP contribution in [-0.2, 0) is 16.1 Å².